The Morgan fingerprint density at radius 2 is 1.63 bits per heavy atom. The molecule has 10 heteroatoms. The van der Waals surface area contributed by atoms with Gasteiger partial charge in [-0.15, -0.1) is 0 Å². The van der Waals surface area contributed by atoms with Crippen LogP contribution in [0.1, 0.15) is 36.0 Å². The minimum absolute atomic E-state index is 0.0287. The number of likely N-dealkylation sites (tertiary alicyclic amines) is 2. The van der Waals surface area contributed by atoms with E-state index in [9.17, 15) is 14.9 Å². The number of fused-ring (bicyclic) bond motifs is 1. The Balaban J connectivity index is 0.000000269. The van der Waals surface area contributed by atoms with Gasteiger partial charge in [-0.3, -0.25) is 14.9 Å². The average molecular weight is 421 g/mol. The van der Waals surface area contributed by atoms with E-state index in [4.69, 9.17) is 15.2 Å². The van der Waals surface area contributed by atoms with Crippen LogP contribution in [0.4, 0.5) is 5.69 Å². The van der Waals surface area contributed by atoms with Crippen molar-refractivity contribution in [2.75, 3.05) is 47.1 Å². The first-order valence-corrected chi connectivity index (χ1v) is 10.4. The van der Waals surface area contributed by atoms with E-state index in [0.29, 0.717) is 6.04 Å². The van der Waals surface area contributed by atoms with Gasteiger partial charge in [-0.1, -0.05) is 0 Å². The molecule has 1 amide bonds. The monoisotopic (exact) mass is 421 g/mol. The van der Waals surface area contributed by atoms with E-state index in [1.54, 1.807) is 0 Å². The van der Waals surface area contributed by atoms with Gasteiger partial charge in [0.15, 0.2) is 5.75 Å². The Bertz CT molecular complexity index is 748. The van der Waals surface area contributed by atoms with Crippen molar-refractivity contribution in [1.82, 2.24) is 15.1 Å². The van der Waals surface area contributed by atoms with Crippen molar-refractivity contribution in [2.45, 2.75) is 37.8 Å². The first-order chi connectivity index (χ1) is 14.3. The predicted molar refractivity (Wildman–Crippen MR) is 112 cm³/mol. The fraction of sp³-hybridized carbons (Fsp3) is 0.650. The van der Waals surface area contributed by atoms with Gasteiger partial charge in [0.2, 0.25) is 12.5 Å². The Kier molecular flexibility index (Phi) is 7.46. The van der Waals surface area contributed by atoms with E-state index in [0.717, 1.165) is 25.9 Å². The molecule has 166 valence electrons. The van der Waals surface area contributed by atoms with E-state index in [2.05, 4.69) is 22.2 Å². The second-order valence-electron chi connectivity index (χ2n) is 8.15. The summed E-state index contributed by atoms with van der Waals surface area (Å²) in [6, 6.07) is 3.27. The predicted octanol–water partition coefficient (Wildman–Crippen LogP) is 1.19. The Labute approximate surface area is 176 Å². The van der Waals surface area contributed by atoms with Crippen molar-refractivity contribution >= 4 is 11.6 Å². The molecule has 3 heterocycles. The molecule has 0 unspecified atom stereocenters. The van der Waals surface area contributed by atoms with Crippen molar-refractivity contribution in [3.05, 3.63) is 27.8 Å². The molecule has 30 heavy (non-hydrogen) atoms. The summed E-state index contributed by atoms with van der Waals surface area (Å²) in [5.41, 5.74) is 5.75. The van der Waals surface area contributed by atoms with E-state index in [1.807, 2.05) is 7.05 Å². The molecule has 0 radical (unpaired) electrons. The Morgan fingerprint density at radius 1 is 1.07 bits per heavy atom. The second-order valence-corrected chi connectivity index (χ2v) is 8.15. The third-order valence-corrected chi connectivity index (χ3v) is 5.76. The molecule has 10 nitrogen and oxygen atoms in total. The number of hydrogen-bond acceptors (Lipinski definition) is 8. The number of benzene rings is 1. The van der Waals surface area contributed by atoms with Crippen LogP contribution in [0.2, 0.25) is 0 Å². The molecular formula is C20H31N5O5. The number of nitrogens with zero attached hydrogens (tertiary/aromatic N) is 3. The molecule has 3 N–H and O–H groups in total. The minimum Gasteiger partial charge on any atom is -0.452 e. The number of hydrogen-bond donors (Lipinski definition) is 2. The molecule has 3 aliphatic rings. The molecular weight excluding hydrogens is 390 g/mol. The molecule has 4 rings (SSSR count). The van der Waals surface area contributed by atoms with E-state index >= 15 is 0 Å². The minimum atomic E-state index is -0.549. The summed E-state index contributed by atoms with van der Waals surface area (Å²) < 4.78 is 10.4. The zero-order valence-corrected chi connectivity index (χ0v) is 17.6. The fourth-order valence-electron chi connectivity index (χ4n) is 3.75. The number of carbonyl (C=O) groups excluding carboxylic acids is 1. The number of ether oxygens (including phenoxy) is 2. The highest BCUT2D eigenvalue weighted by atomic mass is 16.7. The number of rotatable bonds is 3. The normalized spacial score (nSPS) is 20.4. The van der Waals surface area contributed by atoms with Crippen molar-refractivity contribution < 1.29 is 19.2 Å². The summed E-state index contributed by atoms with van der Waals surface area (Å²) in [6.07, 6.45) is 4.12. The number of nitrogens with one attached hydrogen (secondary N) is 1. The fourth-order valence-corrected chi connectivity index (χ4v) is 3.75. The van der Waals surface area contributed by atoms with Crippen LogP contribution in [0.5, 0.6) is 11.5 Å². The molecule has 1 aromatic carbocycles. The van der Waals surface area contributed by atoms with Crippen LogP contribution in [0.15, 0.2) is 12.1 Å². The molecule has 2 fully saturated rings. The quantitative estimate of drug-likeness (QED) is 0.551. The maximum atomic E-state index is 12.4. The molecule has 3 aliphatic heterocycles. The largest absolute Gasteiger partial charge is 0.452 e. The van der Waals surface area contributed by atoms with Gasteiger partial charge < -0.3 is 30.3 Å². The summed E-state index contributed by atoms with van der Waals surface area (Å²) >= 11 is 0. The molecule has 0 aliphatic carbocycles. The molecule has 0 aromatic heterocycles. The van der Waals surface area contributed by atoms with Gasteiger partial charge in [0.1, 0.15) is 0 Å². The standard InChI is InChI=1S/C14H17N3O5.C6H14N2/c1-16-6-4-9(5-7-16)15-14(18)10-2-3-11(17(19)20)13-12(10)21-8-22-13;1-8-4-2-6(7)3-5-8/h2-3,9H,4-8H2,1H3,(H,15,18);6H,2-5,7H2,1H3. The third kappa shape index (κ3) is 5.59. The average Bonchev–Trinajstić information content (AvgIpc) is 3.21. The lowest BCUT2D eigenvalue weighted by Gasteiger charge is -2.29. The van der Waals surface area contributed by atoms with Crippen LogP contribution in [0.3, 0.4) is 0 Å². The van der Waals surface area contributed by atoms with Crippen LogP contribution in [-0.4, -0.2) is 79.8 Å². The van der Waals surface area contributed by atoms with Crippen LogP contribution >= 0.6 is 0 Å². The van der Waals surface area contributed by atoms with Crippen molar-refractivity contribution in [1.29, 1.82) is 0 Å². The zero-order chi connectivity index (χ0) is 21.7. The van der Waals surface area contributed by atoms with Crippen molar-refractivity contribution in [3.63, 3.8) is 0 Å². The number of nitro groups is 1. The summed E-state index contributed by atoms with van der Waals surface area (Å²) in [5, 5.41) is 13.9. The van der Waals surface area contributed by atoms with Crippen LogP contribution in [-0.2, 0) is 0 Å². The van der Waals surface area contributed by atoms with Gasteiger partial charge in [-0.2, -0.15) is 0 Å². The van der Waals surface area contributed by atoms with Crippen LogP contribution in [0, 0.1) is 10.1 Å². The highest BCUT2D eigenvalue weighted by molar-refractivity contribution is 5.98. The maximum Gasteiger partial charge on any atom is 0.315 e. The van der Waals surface area contributed by atoms with Gasteiger partial charge in [0.05, 0.1) is 10.5 Å². The van der Waals surface area contributed by atoms with E-state index in [1.165, 1.54) is 38.1 Å². The molecule has 0 bridgehead atoms. The Hall–Kier alpha value is -2.43. The summed E-state index contributed by atoms with van der Waals surface area (Å²) in [7, 11) is 4.19. The van der Waals surface area contributed by atoms with Gasteiger partial charge >= 0.3 is 5.69 Å². The maximum absolute atomic E-state index is 12.4. The lowest BCUT2D eigenvalue weighted by Crippen LogP contribution is -2.43. The number of amides is 1. The van der Waals surface area contributed by atoms with Crippen molar-refractivity contribution in [2.24, 2.45) is 5.73 Å². The van der Waals surface area contributed by atoms with Gasteiger partial charge in [-0.05, 0) is 72.0 Å². The summed E-state index contributed by atoms with van der Waals surface area (Å²) in [5.74, 6) is -0.105. The van der Waals surface area contributed by atoms with Crippen molar-refractivity contribution in [3.8, 4) is 11.5 Å². The highest BCUT2D eigenvalue weighted by Gasteiger charge is 2.31. The van der Waals surface area contributed by atoms with Crippen LogP contribution < -0.4 is 20.5 Å². The zero-order valence-electron chi connectivity index (χ0n) is 17.6. The summed E-state index contributed by atoms with van der Waals surface area (Å²) in [4.78, 5) is 27.3. The van der Waals surface area contributed by atoms with Gasteiger partial charge in [0.25, 0.3) is 5.91 Å². The molecule has 0 saturated carbocycles. The second kappa shape index (κ2) is 10.1. The number of carbonyl (C=O) groups is 1. The van der Waals surface area contributed by atoms with Gasteiger partial charge in [0, 0.05) is 18.2 Å². The topological polar surface area (TPSA) is 123 Å². The smallest absolute Gasteiger partial charge is 0.315 e. The Morgan fingerprint density at radius 3 is 2.20 bits per heavy atom. The highest BCUT2D eigenvalue weighted by Crippen LogP contribution is 2.43. The molecule has 0 spiro atoms. The number of piperidine rings is 2. The SMILES string of the molecule is CN1CCC(N)CC1.CN1CCC(NC(=O)c2ccc([N+](=O)[O-])c3c2OCO3)CC1. The lowest BCUT2D eigenvalue weighted by molar-refractivity contribution is -0.385. The molecule has 0 atom stereocenters. The molecule has 1 aromatic rings. The van der Waals surface area contributed by atoms with E-state index < -0.39 is 4.92 Å². The molecule has 2 saturated heterocycles. The number of nitro benzene ring substituents is 1. The summed E-state index contributed by atoms with van der Waals surface area (Å²) in [6.45, 7) is 4.11. The van der Waals surface area contributed by atoms with E-state index in [-0.39, 0.29) is 41.5 Å². The number of nitrogens with two attached hydrogens (primary N) is 1. The van der Waals surface area contributed by atoms with Crippen LogP contribution in [0.25, 0.3) is 0 Å². The van der Waals surface area contributed by atoms with Gasteiger partial charge in [-0.25, -0.2) is 0 Å². The third-order valence-electron chi connectivity index (χ3n) is 5.76. The first-order valence-electron chi connectivity index (χ1n) is 10.4. The first kappa shape index (κ1) is 22.3. The lowest BCUT2D eigenvalue weighted by atomic mass is 10.0.